The van der Waals surface area contributed by atoms with Crippen LogP contribution in [0.1, 0.15) is 20.8 Å². The molecule has 0 saturated heterocycles. The van der Waals surface area contributed by atoms with Crippen molar-refractivity contribution >= 4 is 61.4 Å². The van der Waals surface area contributed by atoms with Gasteiger partial charge < -0.3 is 19.5 Å². The zero-order valence-corrected chi connectivity index (χ0v) is 19.4. The van der Waals surface area contributed by atoms with Crippen LogP contribution in [0.4, 0.5) is 5.69 Å². The quantitative estimate of drug-likeness (QED) is 0.272. The van der Waals surface area contributed by atoms with Gasteiger partial charge in [-0.2, -0.15) is 0 Å². The number of halogens is 1. The molecule has 3 rings (SSSR count). The van der Waals surface area contributed by atoms with Crippen LogP contribution in [0.25, 0.3) is 10.1 Å². The minimum Gasteiger partial charge on any atom is -0.493 e. The zero-order chi connectivity index (χ0) is 21.1. The molecule has 0 aliphatic carbocycles. The first-order valence-electron chi connectivity index (χ1n) is 8.67. The van der Waals surface area contributed by atoms with Crippen molar-refractivity contribution in [2.75, 3.05) is 31.1 Å². The number of ether oxygens (including phenoxy) is 3. The molecule has 0 aliphatic rings. The summed E-state index contributed by atoms with van der Waals surface area (Å²) in [6, 6.07) is 9.12. The topological polar surface area (TPSA) is 73.9 Å². The predicted octanol–water partition coefficient (Wildman–Crippen LogP) is 4.84. The highest BCUT2D eigenvalue weighted by molar-refractivity contribution is 14.1. The Bertz CT molecular complexity index is 1070. The lowest BCUT2D eigenvalue weighted by Crippen LogP contribution is -2.14. The lowest BCUT2D eigenvalue weighted by atomic mass is 10.1. The summed E-state index contributed by atoms with van der Waals surface area (Å²) >= 11 is 3.34. The Kier molecular flexibility index (Phi) is 6.63. The second-order valence-corrected chi connectivity index (χ2v) is 8.05. The molecule has 1 N–H and O–H groups in total. The van der Waals surface area contributed by atoms with Gasteiger partial charge >= 0.3 is 0 Å². The molecule has 3 aromatic rings. The van der Waals surface area contributed by atoms with Crippen molar-refractivity contribution in [3.05, 3.63) is 46.3 Å². The van der Waals surface area contributed by atoms with Crippen molar-refractivity contribution in [3.8, 4) is 17.2 Å². The van der Waals surface area contributed by atoms with Crippen molar-refractivity contribution in [2.45, 2.75) is 6.92 Å². The largest absolute Gasteiger partial charge is 0.493 e. The highest BCUT2D eigenvalue weighted by Gasteiger charge is 2.24. The average Bonchev–Trinajstić information content (AvgIpc) is 3.08. The van der Waals surface area contributed by atoms with Gasteiger partial charge in [-0.3, -0.25) is 9.59 Å². The van der Waals surface area contributed by atoms with Gasteiger partial charge in [0.05, 0.1) is 36.3 Å². The molecule has 1 aromatic heterocycles. The molecule has 1 heterocycles. The number of benzene rings is 2. The minimum atomic E-state index is -0.230. The van der Waals surface area contributed by atoms with Crippen LogP contribution >= 0.6 is 33.9 Å². The number of methoxy groups -OCH3 is 3. The van der Waals surface area contributed by atoms with Gasteiger partial charge in [-0.25, -0.2) is 0 Å². The fourth-order valence-corrected chi connectivity index (χ4v) is 4.41. The van der Waals surface area contributed by atoms with E-state index >= 15 is 0 Å². The number of alkyl halides is 1. The number of thiophene rings is 1. The predicted molar refractivity (Wildman–Crippen MR) is 124 cm³/mol. The lowest BCUT2D eigenvalue weighted by molar-refractivity contribution is -0.113. The molecule has 1 amide bonds. The number of hydrogen-bond donors (Lipinski definition) is 1. The highest BCUT2D eigenvalue weighted by Crippen LogP contribution is 2.42. The molecule has 0 saturated carbocycles. The molecular formula is C21H20INO5S. The van der Waals surface area contributed by atoms with E-state index in [0.717, 1.165) is 15.6 Å². The Morgan fingerprint density at radius 1 is 1.03 bits per heavy atom. The summed E-state index contributed by atoms with van der Waals surface area (Å²) in [5.74, 6) is 0.809. The number of rotatable bonds is 7. The summed E-state index contributed by atoms with van der Waals surface area (Å²) in [4.78, 5) is 26.0. The van der Waals surface area contributed by atoms with E-state index in [1.165, 1.54) is 32.7 Å². The zero-order valence-electron chi connectivity index (χ0n) is 16.4. The van der Waals surface area contributed by atoms with Gasteiger partial charge in [-0.1, -0.05) is 34.7 Å². The molecule has 2 aromatic carbocycles. The molecule has 8 heteroatoms. The maximum absolute atomic E-state index is 13.4. The molecule has 0 radical (unpaired) electrons. The SMILES string of the molecule is COc1cc(C(=O)c2sc3cc(C)ccc3c2NC(=O)CI)cc(OC)c1OC. The first kappa shape index (κ1) is 21.4. The number of amides is 1. The van der Waals surface area contributed by atoms with E-state index in [2.05, 4.69) is 5.32 Å². The summed E-state index contributed by atoms with van der Waals surface area (Å²) < 4.78 is 17.3. The molecule has 0 unspecified atom stereocenters. The summed E-state index contributed by atoms with van der Waals surface area (Å²) in [6.07, 6.45) is 0. The number of carbonyl (C=O) groups is 2. The van der Waals surface area contributed by atoms with Crippen molar-refractivity contribution in [2.24, 2.45) is 0 Å². The van der Waals surface area contributed by atoms with Crippen LogP contribution in [0, 0.1) is 6.92 Å². The molecule has 0 bridgehead atoms. The summed E-state index contributed by atoms with van der Waals surface area (Å²) in [7, 11) is 4.51. The lowest BCUT2D eigenvalue weighted by Gasteiger charge is -2.14. The van der Waals surface area contributed by atoms with Gasteiger partial charge in [0.2, 0.25) is 17.4 Å². The van der Waals surface area contributed by atoms with E-state index in [1.54, 1.807) is 12.1 Å². The van der Waals surface area contributed by atoms with Crippen LogP contribution in [0.3, 0.4) is 0 Å². The van der Waals surface area contributed by atoms with Gasteiger partial charge in [0, 0.05) is 15.6 Å². The number of aryl methyl sites for hydroxylation is 1. The van der Waals surface area contributed by atoms with E-state index < -0.39 is 0 Å². The second kappa shape index (κ2) is 9.00. The Hall–Kier alpha value is -2.33. The standard InChI is InChI=1S/C21H20INO5S/c1-11-5-6-13-16(7-11)29-21(18(13)23-17(24)10-22)19(25)12-8-14(26-2)20(28-4)15(9-12)27-3/h5-9H,10H2,1-4H3,(H,23,24). The van der Waals surface area contributed by atoms with E-state index in [-0.39, 0.29) is 11.7 Å². The number of fused-ring (bicyclic) bond motifs is 1. The van der Waals surface area contributed by atoms with E-state index in [9.17, 15) is 9.59 Å². The molecule has 0 spiro atoms. The number of hydrogen-bond acceptors (Lipinski definition) is 6. The molecule has 0 fully saturated rings. The minimum absolute atomic E-state index is 0.162. The highest BCUT2D eigenvalue weighted by atomic mass is 127. The summed E-state index contributed by atoms with van der Waals surface area (Å²) in [5, 5.41) is 3.73. The van der Waals surface area contributed by atoms with Gasteiger partial charge in [0.25, 0.3) is 0 Å². The fraction of sp³-hybridized carbons (Fsp3) is 0.238. The van der Waals surface area contributed by atoms with E-state index in [4.69, 9.17) is 14.2 Å². The van der Waals surface area contributed by atoms with E-state index in [0.29, 0.717) is 37.8 Å². The maximum atomic E-state index is 13.4. The molecule has 0 atom stereocenters. The van der Waals surface area contributed by atoms with Gasteiger partial charge in [-0.15, -0.1) is 11.3 Å². The third-order valence-electron chi connectivity index (χ3n) is 4.36. The summed E-state index contributed by atoms with van der Waals surface area (Å²) in [6.45, 7) is 1.99. The van der Waals surface area contributed by atoms with E-state index in [1.807, 2.05) is 47.7 Å². The first-order valence-corrected chi connectivity index (χ1v) is 11.0. The second-order valence-electron chi connectivity index (χ2n) is 6.23. The Labute approximate surface area is 186 Å². The Morgan fingerprint density at radius 3 is 2.24 bits per heavy atom. The number of nitrogens with one attached hydrogen (secondary N) is 1. The smallest absolute Gasteiger partial charge is 0.234 e. The van der Waals surface area contributed by atoms with Crippen LogP contribution in [-0.4, -0.2) is 37.4 Å². The van der Waals surface area contributed by atoms with Crippen LogP contribution < -0.4 is 19.5 Å². The third kappa shape index (κ3) is 4.18. The fourth-order valence-electron chi connectivity index (χ4n) is 3.00. The normalized spacial score (nSPS) is 10.7. The Morgan fingerprint density at radius 2 is 1.69 bits per heavy atom. The van der Waals surface area contributed by atoms with Crippen molar-refractivity contribution in [3.63, 3.8) is 0 Å². The Balaban J connectivity index is 2.18. The van der Waals surface area contributed by atoms with Gasteiger partial charge in [0.1, 0.15) is 0 Å². The number of carbonyl (C=O) groups excluding carboxylic acids is 2. The number of anilines is 1. The molecule has 152 valence electrons. The van der Waals surface area contributed by atoms with Crippen LogP contribution in [0.2, 0.25) is 0 Å². The molecule has 29 heavy (non-hydrogen) atoms. The van der Waals surface area contributed by atoms with Crippen molar-refractivity contribution in [1.29, 1.82) is 0 Å². The van der Waals surface area contributed by atoms with Crippen LogP contribution in [0.15, 0.2) is 30.3 Å². The van der Waals surface area contributed by atoms with Crippen LogP contribution in [-0.2, 0) is 4.79 Å². The molecule has 6 nitrogen and oxygen atoms in total. The van der Waals surface area contributed by atoms with Crippen molar-refractivity contribution in [1.82, 2.24) is 0 Å². The van der Waals surface area contributed by atoms with Crippen molar-refractivity contribution < 1.29 is 23.8 Å². The summed E-state index contributed by atoms with van der Waals surface area (Å²) in [5.41, 5.74) is 2.00. The van der Waals surface area contributed by atoms with Gasteiger partial charge in [-0.05, 0) is 30.7 Å². The third-order valence-corrected chi connectivity index (χ3v) is 6.21. The molecular weight excluding hydrogens is 505 g/mol. The first-order chi connectivity index (χ1) is 13.9. The van der Waals surface area contributed by atoms with Crippen LogP contribution in [0.5, 0.6) is 17.2 Å². The van der Waals surface area contributed by atoms with Gasteiger partial charge in [0.15, 0.2) is 11.5 Å². The monoisotopic (exact) mass is 525 g/mol. The average molecular weight is 525 g/mol. The molecule has 0 aliphatic heterocycles. The maximum Gasteiger partial charge on any atom is 0.234 e. The number of ketones is 1.